The summed E-state index contributed by atoms with van der Waals surface area (Å²) in [5.74, 6) is -0.424. The molecule has 0 aliphatic carbocycles. The van der Waals surface area contributed by atoms with E-state index >= 15 is 0 Å². The Morgan fingerprint density at radius 1 is 1.38 bits per heavy atom. The highest BCUT2D eigenvalue weighted by Crippen LogP contribution is 2.21. The molecule has 1 aromatic rings. The van der Waals surface area contributed by atoms with Crippen LogP contribution in [-0.4, -0.2) is 37.4 Å². The molecule has 1 rings (SSSR count). The van der Waals surface area contributed by atoms with Crippen molar-refractivity contribution in [2.75, 3.05) is 20.0 Å². The van der Waals surface area contributed by atoms with E-state index in [1.807, 2.05) is 0 Å². The number of nitrogens with two attached hydrogens (primary N) is 1. The first-order valence-electron chi connectivity index (χ1n) is 4.43. The van der Waals surface area contributed by atoms with Crippen molar-refractivity contribution in [2.24, 2.45) is 0 Å². The van der Waals surface area contributed by atoms with Gasteiger partial charge in [0.05, 0.1) is 14.2 Å². The number of benzene rings is 1. The van der Waals surface area contributed by atoms with Crippen LogP contribution in [-0.2, 0) is 4.74 Å². The van der Waals surface area contributed by atoms with Gasteiger partial charge in [-0.05, 0) is 6.07 Å². The van der Waals surface area contributed by atoms with Crippen molar-refractivity contribution in [2.45, 2.75) is 0 Å². The summed E-state index contributed by atoms with van der Waals surface area (Å²) in [4.78, 5) is 11.4. The molecule has 6 nitrogen and oxygen atoms in total. The maximum Gasteiger partial charge on any atom is 0.490 e. The van der Waals surface area contributed by atoms with Crippen LogP contribution < -0.4 is 15.9 Å². The number of anilines is 1. The predicted molar refractivity (Wildman–Crippen MR) is 58.6 cm³/mol. The van der Waals surface area contributed by atoms with Gasteiger partial charge in [-0.25, -0.2) is 4.79 Å². The smallest absolute Gasteiger partial charge is 0.490 e. The van der Waals surface area contributed by atoms with Crippen LogP contribution >= 0.6 is 0 Å². The number of esters is 1. The van der Waals surface area contributed by atoms with E-state index in [0.717, 1.165) is 0 Å². The highest BCUT2D eigenvalue weighted by molar-refractivity contribution is 6.60. The Morgan fingerprint density at radius 3 is 2.44 bits per heavy atom. The summed E-state index contributed by atoms with van der Waals surface area (Å²) in [6.07, 6.45) is 0. The Bertz CT molecular complexity index is 407. The van der Waals surface area contributed by atoms with Gasteiger partial charge in [-0.2, -0.15) is 0 Å². The van der Waals surface area contributed by atoms with Gasteiger partial charge in [0.25, 0.3) is 0 Å². The second-order valence-electron chi connectivity index (χ2n) is 3.05. The quantitative estimate of drug-likeness (QED) is 0.337. The summed E-state index contributed by atoms with van der Waals surface area (Å²) in [5, 5.41) is 18.1. The second kappa shape index (κ2) is 4.87. The van der Waals surface area contributed by atoms with Crippen LogP contribution in [0.5, 0.6) is 5.75 Å². The molecule has 0 aromatic heterocycles. The first-order chi connectivity index (χ1) is 7.51. The van der Waals surface area contributed by atoms with Crippen LogP contribution in [0.15, 0.2) is 12.1 Å². The van der Waals surface area contributed by atoms with Crippen molar-refractivity contribution in [1.82, 2.24) is 0 Å². The number of rotatable bonds is 3. The van der Waals surface area contributed by atoms with E-state index in [2.05, 4.69) is 4.74 Å². The number of carbonyl (C=O) groups is 1. The average Bonchev–Trinajstić information content (AvgIpc) is 2.27. The van der Waals surface area contributed by atoms with Crippen molar-refractivity contribution in [3.8, 4) is 5.75 Å². The third-order valence-corrected chi connectivity index (χ3v) is 2.09. The lowest BCUT2D eigenvalue weighted by molar-refractivity contribution is 0.0597. The lowest BCUT2D eigenvalue weighted by Crippen LogP contribution is -2.33. The molecule has 0 atom stereocenters. The van der Waals surface area contributed by atoms with E-state index < -0.39 is 13.1 Å². The van der Waals surface area contributed by atoms with Crippen LogP contribution in [0.4, 0.5) is 5.69 Å². The standard InChI is InChI=1S/C9H12BNO5/c1-15-8-4-7(11)6(10(13)14)3-5(8)9(12)16-2/h3-4,13-14H,11H2,1-2H3. The summed E-state index contributed by atoms with van der Waals surface area (Å²) in [6, 6.07) is 2.56. The average molecular weight is 225 g/mol. The molecule has 0 unspecified atom stereocenters. The monoisotopic (exact) mass is 225 g/mol. The molecule has 1 aromatic carbocycles. The van der Waals surface area contributed by atoms with E-state index in [4.69, 9.17) is 20.5 Å². The number of methoxy groups -OCH3 is 2. The third-order valence-electron chi connectivity index (χ3n) is 2.09. The zero-order valence-electron chi connectivity index (χ0n) is 8.93. The van der Waals surface area contributed by atoms with Crippen LogP contribution in [0.1, 0.15) is 10.4 Å². The lowest BCUT2D eigenvalue weighted by atomic mass is 9.78. The molecule has 0 radical (unpaired) electrons. The van der Waals surface area contributed by atoms with Gasteiger partial charge < -0.3 is 25.3 Å². The summed E-state index contributed by atoms with van der Waals surface area (Å²) in [6.45, 7) is 0. The van der Waals surface area contributed by atoms with E-state index in [-0.39, 0.29) is 22.5 Å². The fraction of sp³-hybridized carbons (Fsp3) is 0.222. The van der Waals surface area contributed by atoms with E-state index in [0.29, 0.717) is 0 Å². The fourth-order valence-corrected chi connectivity index (χ4v) is 1.27. The number of nitrogen functional groups attached to an aromatic ring is 1. The molecule has 0 amide bonds. The first-order valence-corrected chi connectivity index (χ1v) is 4.43. The molecule has 0 saturated carbocycles. The number of hydrogen-bond acceptors (Lipinski definition) is 6. The molecule has 0 aliphatic heterocycles. The molecular formula is C9H12BNO5. The summed E-state index contributed by atoms with van der Waals surface area (Å²) >= 11 is 0. The first kappa shape index (κ1) is 12.3. The van der Waals surface area contributed by atoms with Crippen molar-refractivity contribution in [1.29, 1.82) is 0 Å². The van der Waals surface area contributed by atoms with Gasteiger partial charge in [-0.15, -0.1) is 0 Å². The van der Waals surface area contributed by atoms with Gasteiger partial charge in [0, 0.05) is 17.2 Å². The van der Waals surface area contributed by atoms with Gasteiger partial charge in [0.15, 0.2) is 0 Å². The number of carbonyl (C=O) groups excluding carboxylic acids is 1. The van der Waals surface area contributed by atoms with Gasteiger partial charge in [-0.3, -0.25) is 0 Å². The molecule has 0 saturated heterocycles. The zero-order chi connectivity index (χ0) is 12.3. The molecule has 0 heterocycles. The van der Waals surface area contributed by atoms with Gasteiger partial charge in [-0.1, -0.05) is 0 Å². The molecule has 4 N–H and O–H groups in total. The van der Waals surface area contributed by atoms with Crippen LogP contribution in [0.2, 0.25) is 0 Å². The summed E-state index contributed by atoms with van der Waals surface area (Å²) in [7, 11) is 0.831. The molecule has 86 valence electrons. The fourth-order valence-electron chi connectivity index (χ4n) is 1.27. The Morgan fingerprint density at radius 2 is 2.00 bits per heavy atom. The molecular weight excluding hydrogens is 213 g/mol. The molecule has 16 heavy (non-hydrogen) atoms. The van der Waals surface area contributed by atoms with Crippen LogP contribution in [0, 0.1) is 0 Å². The van der Waals surface area contributed by atoms with Crippen molar-refractivity contribution < 1.29 is 24.3 Å². The predicted octanol–water partition coefficient (Wildman–Crippen LogP) is -1.26. The minimum atomic E-state index is -1.76. The lowest BCUT2D eigenvalue weighted by Gasteiger charge is -2.11. The number of hydrogen-bond donors (Lipinski definition) is 3. The summed E-state index contributed by atoms with van der Waals surface area (Å²) < 4.78 is 9.47. The molecule has 0 fully saturated rings. The van der Waals surface area contributed by atoms with Crippen molar-refractivity contribution in [3.05, 3.63) is 17.7 Å². The van der Waals surface area contributed by atoms with Gasteiger partial charge >= 0.3 is 13.1 Å². The minimum absolute atomic E-state index is 0.0289. The highest BCUT2D eigenvalue weighted by atomic mass is 16.5. The molecule has 0 aliphatic rings. The van der Waals surface area contributed by atoms with Crippen molar-refractivity contribution >= 4 is 24.2 Å². The Hall–Kier alpha value is -1.73. The second-order valence-corrected chi connectivity index (χ2v) is 3.05. The minimum Gasteiger partial charge on any atom is -0.496 e. The SMILES string of the molecule is COC(=O)c1cc(B(O)O)c(N)cc1OC. The van der Waals surface area contributed by atoms with E-state index in [1.165, 1.54) is 26.4 Å². The normalized spacial score (nSPS) is 9.75. The van der Waals surface area contributed by atoms with E-state index in [1.54, 1.807) is 0 Å². The molecule has 7 heteroatoms. The third kappa shape index (κ3) is 2.26. The number of ether oxygens (including phenoxy) is 2. The Balaban J connectivity index is 3.34. The Labute approximate surface area is 92.7 Å². The molecule has 0 bridgehead atoms. The Kier molecular flexibility index (Phi) is 3.75. The highest BCUT2D eigenvalue weighted by Gasteiger charge is 2.21. The maximum absolute atomic E-state index is 11.4. The van der Waals surface area contributed by atoms with Gasteiger partial charge in [0.2, 0.25) is 0 Å². The van der Waals surface area contributed by atoms with Crippen molar-refractivity contribution in [3.63, 3.8) is 0 Å². The van der Waals surface area contributed by atoms with Gasteiger partial charge in [0.1, 0.15) is 11.3 Å². The largest absolute Gasteiger partial charge is 0.496 e. The molecule has 0 spiro atoms. The topological polar surface area (TPSA) is 102 Å². The van der Waals surface area contributed by atoms with Crippen LogP contribution in [0.3, 0.4) is 0 Å². The van der Waals surface area contributed by atoms with Crippen LogP contribution in [0.25, 0.3) is 0 Å². The van der Waals surface area contributed by atoms with E-state index in [9.17, 15) is 4.79 Å². The zero-order valence-corrected chi connectivity index (χ0v) is 8.93. The maximum atomic E-state index is 11.4. The summed E-state index contributed by atoms with van der Waals surface area (Å²) in [5.41, 5.74) is 5.80.